The second kappa shape index (κ2) is 5.01. The monoisotopic (exact) mass is 289 g/mol. The molecule has 1 aliphatic carbocycles. The maximum atomic E-state index is 12.3. The molecule has 0 aromatic heterocycles. The largest absolute Gasteiger partial charge is 0.391 e. The minimum absolute atomic E-state index is 0.205. The Kier molecular flexibility index (Phi) is 3.33. The van der Waals surface area contributed by atoms with Crippen LogP contribution in [0.5, 0.6) is 0 Å². The summed E-state index contributed by atoms with van der Waals surface area (Å²) in [6.45, 7) is 0. The predicted molar refractivity (Wildman–Crippen MR) is 75.7 cm³/mol. The fraction of sp³-hybridized carbons (Fsp3) is 0.200. The van der Waals surface area contributed by atoms with E-state index in [1.54, 1.807) is 18.2 Å². The first-order valence-corrected chi connectivity index (χ1v) is 7.89. The van der Waals surface area contributed by atoms with E-state index >= 15 is 0 Å². The van der Waals surface area contributed by atoms with E-state index in [0.717, 1.165) is 11.1 Å². The number of aliphatic hydroxyl groups is 1. The third kappa shape index (κ3) is 2.35. The molecule has 0 bridgehead atoms. The molecule has 0 radical (unpaired) electrons. The Balaban J connectivity index is 1.92. The van der Waals surface area contributed by atoms with E-state index in [1.165, 1.54) is 12.1 Å². The van der Waals surface area contributed by atoms with Crippen molar-refractivity contribution < 1.29 is 13.5 Å². The third-order valence-corrected chi connectivity index (χ3v) is 5.00. The van der Waals surface area contributed by atoms with Gasteiger partial charge in [0.15, 0.2) is 0 Å². The van der Waals surface area contributed by atoms with Crippen molar-refractivity contribution in [3.8, 4) is 0 Å². The summed E-state index contributed by atoms with van der Waals surface area (Å²) in [4.78, 5) is 0.205. The summed E-state index contributed by atoms with van der Waals surface area (Å²) < 4.78 is 27.2. The zero-order chi connectivity index (χ0) is 14.2. The van der Waals surface area contributed by atoms with E-state index in [-0.39, 0.29) is 4.90 Å². The summed E-state index contributed by atoms with van der Waals surface area (Å²) in [6.07, 6.45) is -0.260. The van der Waals surface area contributed by atoms with Gasteiger partial charge in [0.05, 0.1) is 17.0 Å². The Morgan fingerprint density at radius 3 is 2.40 bits per heavy atom. The summed E-state index contributed by atoms with van der Waals surface area (Å²) in [5.74, 6) is 0. The summed E-state index contributed by atoms with van der Waals surface area (Å²) in [5, 5.41) is 10.1. The normalized spacial score (nSPS) is 21.6. The average molecular weight is 289 g/mol. The van der Waals surface area contributed by atoms with Crippen LogP contribution in [-0.2, 0) is 16.4 Å². The van der Waals surface area contributed by atoms with E-state index in [1.807, 2.05) is 24.3 Å². The Morgan fingerprint density at radius 2 is 1.65 bits per heavy atom. The van der Waals surface area contributed by atoms with Gasteiger partial charge in [0.25, 0.3) is 0 Å². The number of rotatable bonds is 3. The summed E-state index contributed by atoms with van der Waals surface area (Å²) in [6, 6.07) is 15.1. The topological polar surface area (TPSA) is 66.4 Å². The molecule has 0 spiro atoms. The maximum Gasteiger partial charge on any atom is 0.241 e. The Hall–Kier alpha value is -1.69. The minimum atomic E-state index is -3.63. The smallest absolute Gasteiger partial charge is 0.241 e. The highest BCUT2D eigenvalue weighted by molar-refractivity contribution is 7.89. The Bertz CT molecular complexity index is 713. The summed E-state index contributed by atoms with van der Waals surface area (Å²) in [7, 11) is -3.63. The first-order chi connectivity index (χ1) is 9.58. The molecule has 0 fully saturated rings. The van der Waals surface area contributed by atoms with Gasteiger partial charge < -0.3 is 5.11 Å². The second-order valence-electron chi connectivity index (χ2n) is 4.88. The molecule has 20 heavy (non-hydrogen) atoms. The van der Waals surface area contributed by atoms with Crippen molar-refractivity contribution in [1.29, 1.82) is 0 Å². The van der Waals surface area contributed by atoms with Crippen LogP contribution >= 0.6 is 0 Å². The molecule has 2 aromatic rings. The highest BCUT2D eigenvalue weighted by Gasteiger charge is 2.34. The lowest BCUT2D eigenvalue weighted by Gasteiger charge is -2.18. The standard InChI is InChI=1S/C15H15NO3S/c17-14-10-11-6-4-5-9-13(11)15(14)16-20(18,19)12-7-2-1-3-8-12/h1-9,14-17H,10H2/t14-,15+/m0/s1. The third-order valence-electron chi connectivity index (χ3n) is 3.54. The van der Waals surface area contributed by atoms with Crippen LogP contribution in [0.25, 0.3) is 0 Å². The van der Waals surface area contributed by atoms with Crippen LogP contribution in [0.3, 0.4) is 0 Å². The molecule has 1 aliphatic rings. The highest BCUT2D eigenvalue weighted by Crippen LogP contribution is 2.32. The van der Waals surface area contributed by atoms with Crippen LogP contribution in [0, 0.1) is 0 Å². The maximum absolute atomic E-state index is 12.3. The van der Waals surface area contributed by atoms with Crippen LogP contribution in [-0.4, -0.2) is 19.6 Å². The molecule has 0 saturated heterocycles. The predicted octanol–water partition coefficient (Wildman–Crippen LogP) is 1.62. The molecule has 0 saturated carbocycles. The number of hydrogen-bond donors (Lipinski definition) is 2. The molecule has 0 unspecified atom stereocenters. The molecule has 2 atom stereocenters. The van der Waals surface area contributed by atoms with Crippen LogP contribution in [0.15, 0.2) is 59.5 Å². The number of sulfonamides is 1. The quantitative estimate of drug-likeness (QED) is 0.902. The van der Waals surface area contributed by atoms with Crippen LogP contribution in [0.4, 0.5) is 0 Å². The molecule has 0 amide bonds. The van der Waals surface area contributed by atoms with Gasteiger partial charge in [-0.15, -0.1) is 0 Å². The number of aliphatic hydroxyl groups excluding tert-OH is 1. The van der Waals surface area contributed by atoms with E-state index in [2.05, 4.69) is 4.72 Å². The van der Waals surface area contributed by atoms with Gasteiger partial charge in [-0.3, -0.25) is 0 Å². The Morgan fingerprint density at radius 1 is 1.00 bits per heavy atom. The number of fused-ring (bicyclic) bond motifs is 1. The van der Waals surface area contributed by atoms with E-state index < -0.39 is 22.2 Å². The lowest BCUT2D eigenvalue weighted by molar-refractivity contribution is 0.151. The van der Waals surface area contributed by atoms with Gasteiger partial charge >= 0.3 is 0 Å². The zero-order valence-electron chi connectivity index (χ0n) is 10.7. The molecule has 0 heterocycles. The molecule has 5 heteroatoms. The van der Waals surface area contributed by atoms with Crippen LogP contribution < -0.4 is 4.72 Å². The number of benzene rings is 2. The lowest BCUT2D eigenvalue weighted by Crippen LogP contribution is -2.33. The fourth-order valence-electron chi connectivity index (χ4n) is 2.55. The van der Waals surface area contributed by atoms with Gasteiger partial charge in [0.2, 0.25) is 10.0 Å². The van der Waals surface area contributed by atoms with Crippen molar-refractivity contribution in [2.45, 2.75) is 23.5 Å². The van der Waals surface area contributed by atoms with Crippen molar-refractivity contribution in [3.63, 3.8) is 0 Å². The molecule has 2 N–H and O–H groups in total. The molecule has 4 nitrogen and oxygen atoms in total. The first-order valence-electron chi connectivity index (χ1n) is 6.41. The van der Waals surface area contributed by atoms with Crippen LogP contribution in [0.1, 0.15) is 17.2 Å². The number of hydrogen-bond acceptors (Lipinski definition) is 3. The fourth-order valence-corrected chi connectivity index (χ4v) is 3.82. The van der Waals surface area contributed by atoms with Crippen molar-refractivity contribution in [1.82, 2.24) is 4.72 Å². The van der Waals surface area contributed by atoms with Gasteiger partial charge in [-0.05, 0) is 23.3 Å². The first kappa shape index (κ1) is 13.3. The molecule has 3 rings (SSSR count). The van der Waals surface area contributed by atoms with E-state index in [9.17, 15) is 13.5 Å². The molecular weight excluding hydrogens is 274 g/mol. The van der Waals surface area contributed by atoms with Crippen molar-refractivity contribution in [2.24, 2.45) is 0 Å². The van der Waals surface area contributed by atoms with Gasteiger partial charge in [-0.25, -0.2) is 13.1 Å². The molecule has 0 aliphatic heterocycles. The van der Waals surface area contributed by atoms with Crippen molar-refractivity contribution in [2.75, 3.05) is 0 Å². The van der Waals surface area contributed by atoms with Gasteiger partial charge in [0, 0.05) is 6.42 Å². The summed E-state index contributed by atoms with van der Waals surface area (Å²) in [5.41, 5.74) is 1.83. The number of nitrogens with one attached hydrogen (secondary N) is 1. The highest BCUT2D eigenvalue weighted by atomic mass is 32.2. The van der Waals surface area contributed by atoms with E-state index in [0.29, 0.717) is 6.42 Å². The summed E-state index contributed by atoms with van der Waals surface area (Å²) >= 11 is 0. The molecule has 104 valence electrons. The minimum Gasteiger partial charge on any atom is -0.391 e. The second-order valence-corrected chi connectivity index (χ2v) is 6.60. The van der Waals surface area contributed by atoms with Gasteiger partial charge in [-0.1, -0.05) is 42.5 Å². The SMILES string of the molecule is O=S(=O)(N[C@@H]1c2ccccc2C[C@@H]1O)c1ccccc1. The molecule has 2 aromatic carbocycles. The van der Waals surface area contributed by atoms with Crippen molar-refractivity contribution in [3.05, 3.63) is 65.7 Å². The Labute approximate surface area is 118 Å². The lowest BCUT2D eigenvalue weighted by atomic mass is 10.1. The van der Waals surface area contributed by atoms with Crippen LogP contribution in [0.2, 0.25) is 0 Å². The van der Waals surface area contributed by atoms with Crippen molar-refractivity contribution >= 4 is 10.0 Å². The molecular formula is C15H15NO3S. The van der Waals surface area contributed by atoms with Gasteiger partial charge in [-0.2, -0.15) is 0 Å². The average Bonchev–Trinajstić information content (AvgIpc) is 2.76. The van der Waals surface area contributed by atoms with E-state index in [4.69, 9.17) is 0 Å². The zero-order valence-corrected chi connectivity index (χ0v) is 11.5. The van der Waals surface area contributed by atoms with Gasteiger partial charge in [0.1, 0.15) is 0 Å².